The molecule has 22 heavy (non-hydrogen) atoms. The Morgan fingerprint density at radius 1 is 1.50 bits per heavy atom. The molecule has 2 N–H and O–H groups in total. The third-order valence-electron chi connectivity index (χ3n) is 4.27. The fourth-order valence-electron chi connectivity index (χ4n) is 2.99. The van der Waals surface area contributed by atoms with Crippen molar-refractivity contribution in [2.75, 3.05) is 19.8 Å². The van der Waals surface area contributed by atoms with E-state index >= 15 is 0 Å². The predicted molar refractivity (Wildman–Crippen MR) is 101 cm³/mol. The van der Waals surface area contributed by atoms with Crippen molar-refractivity contribution < 1.29 is 0 Å². The van der Waals surface area contributed by atoms with Gasteiger partial charge in [0.25, 0.3) is 0 Å². The lowest BCUT2D eigenvalue weighted by Gasteiger charge is -2.30. The normalized spacial score (nSPS) is 24.0. The lowest BCUT2D eigenvalue weighted by molar-refractivity contribution is 0.417. The molecule has 1 saturated carbocycles. The summed E-state index contributed by atoms with van der Waals surface area (Å²) in [6, 6.07) is 4.93. The maximum Gasteiger partial charge on any atom is 0.191 e. The van der Waals surface area contributed by atoms with E-state index < -0.39 is 0 Å². The number of thiophene rings is 1. The van der Waals surface area contributed by atoms with Crippen LogP contribution in [0.4, 0.5) is 0 Å². The van der Waals surface area contributed by atoms with E-state index in [4.69, 9.17) is 0 Å². The summed E-state index contributed by atoms with van der Waals surface area (Å²) in [6.45, 7) is 3.26. The Morgan fingerprint density at radius 2 is 2.36 bits per heavy atom. The lowest BCUT2D eigenvalue weighted by Crippen LogP contribution is -2.46. The van der Waals surface area contributed by atoms with Crippen molar-refractivity contribution in [1.82, 2.24) is 10.6 Å². The highest BCUT2D eigenvalue weighted by Crippen LogP contribution is 2.26. The summed E-state index contributed by atoms with van der Waals surface area (Å²) >= 11 is 3.85. The fraction of sp³-hybridized carbons (Fsp3) is 0.706. The van der Waals surface area contributed by atoms with E-state index in [1.807, 2.05) is 30.1 Å². The Hall–Kier alpha value is -0.680. The topological polar surface area (TPSA) is 36.4 Å². The number of aliphatic imine (C=N–C) groups is 1. The van der Waals surface area contributed by atoms with Crippen molar-refractivity contribution in [2.45, 2.75) is 50.3 Å². The molecule has 3 atom stereocenters. The molecule has 0 radical (unpaired) electrons. The number of nitrogens with one attached hydrogen (secondary N) is 2. The second-order valence-corrected chi connectivity index (χ2v) is 8.38. The van der Waals surface area contributed by atoms with Crippen LogP contribution >= 0.6 is 23.1 Å². The van der Waals surface area contributed by atoms with Crippen molar-refractivity contribution in [3.63, 3.8) is 0 Å². The molecule has 3 nitrogen and oxygen atoms in total. The van der Waals surface area contributed by atoms with Gasteiger partial charge in [0.15, 0.2) is 5.96 Å². The average molecular weight is 340 g/mol. The molecule has 0 aliphatic heterocycles. The van der Waals surface area contributed by atoms with Gasteiger partial charge in [-0.15, -0.1) is 11.3 Å². The Labute approximate surface area is 143 Å². The lowest BCUT2D eigenvalue weighted by atomic mass is 9.95. The summed E-state index contributed by atoms with van der Waals surface area (Å²) in [4.78, 5) is 5.86. The molecule has 1 aromatic rings. The third-order valence-corrected chi connectivity index (χ3v) is 6.27. The first-order valence-corrected chi connectivity index (χ1v) is 10.4. The highest BCUT2D eigenvalue weighted by Gasteiger charge is 2.21. The van der Waals surface area contributed by atoms with Crippen molar-refractivity contribution in [1.29, 1.82) is 0 Å². The van der Waals surface area contributed by atoms with Crippen LogP contribution in [-0.2, 0) is 6.42 Å². The van der Waals surface area contributed by atoms with E-state index in [1.54, 1.807) is 0 Å². The standard InChI is InChI=1S/C17H29N3S2/c1-13(10-16-8-5-9-22-16)12-19-17(18-2)20-14-6-4-7-15(11-14)21-3/h5,8-9,13-15H,4,6-7,10-12H2,1-3H3,(H2,18,19,20). The Kier molecular flexibility index (Phi) is 7.60. The van der Waals surface area contributed by atoms with E-state index in [1.165, 1.54) is 30.6 Å². The van der Waals surface area contributed by atoms with Gasteiger partial charge in [-0.3, -0.25) is 4.99 Å². The molecule has 124 valence electrons. The maximum atomic E-state index is 4.39. The molecule has 0 aromatic carbocycles. The highest BCUT2D eigenvalue weighted by molar-refractivity contribution is 7.99. The smallest absolute Gasteiger partial charge is 0.191 e. The number of nitrogens with zero attached hydrogens (tertiary/aromatic N) is 1. The Balaban J connectivity index is 1.72. The maximum absolute atomic E-state index is 4.39. The van der Waals surface area contributed by atoms with Gasteiger partial charge < -0.3 is 10.6 Å². The minimum Gasteiger partial charge on any atom is -0.356 e. The van der Waals surface area contributed by atoms with Crippen LogP contribution in [-0.4, -0.2) is 37.1 Å². The van der Waals surface area contributed by atoms with Crippen molar-refractivity contribution >= 4 is 29.1 Å². The number of rotatable bonds is 6. The predicted octanol–water partition coefficient (Wildman–Crippen LogP) is 3.77. The molecule has 1 aromatic heterocycles. The minimum atomic E-state index is 0.574. The number of thioether (sulfide) groups is 1. The molecule has 1 aliphatic rings. The van der Waals surface area contributed by atoms with Gasteiger partial charge in [-0.1, -0.05) is 19.4 Å². The van der Waals surface area contributed by atoms with Gasteiger partial charge in [-0.05, 0) is 49.3 Å². The molecule has 5 heteroatoms. The molecule has 0 spiro atoms. The van der Waals surface area contributed by atoms with Gasteiger partial charge in [0.05, 0.1) is 0 Å². The van der Waals surface area contributed by atoms with Crippen LogP contribution in [0.3, 0.4) is 0 Å². The summed E-state index contributed by atoms with van der Waals surface area (Å²) in [5, 5.41) is 10.1. The van der Waals surface area contributed by atoms with Crippen LogP contribution in [0, 0.1) is 5.92 Å². The first-order valence-electron chi connectivity index (χ1n) is 8.23. The molecule has 1 heterocycles. The average Bonchev–Trinajstić information content (AvgIpc) is 3.04. The molecule has 0 saturated heterocycles. The van der Waals surface area contributed by atoms with E-state index in [2.05, 4.69) is 46.3 Å². The SMILES string of the molecule is CN=C(NCC(C)Cc1cccs1)NC1CCCC(SC)C1. The molecule has 2 rings (SSSR count). The second kappa shape index (κ2) is 9.46. The number of hydrogen-bond donors (Lipinski definition) is 2. The van der Waals surface area contributed by atoms with Gasteiger partial charge in [-0.25, -0.2) is 0 Å². The van der Waals surface area contributed by atoms with Gasteiger partial charge in [0.2, 0.25) is 0 Å². The van der Waals surface area contributed by atoms with Gasteiger partial charge >= 0.3 is 0 Å². The second-order valence-electron chi connectivity index (χ2n) is 6.21. The zero-order valence-corrected chi connectivity index (χ0v) is 15.6. The first kappa shape index (κ1) is 17.7. The van der Waals surface area contributed by atoms with E-state index in [-0.39, 0.29) is 0 Å². The van der Waals surface area contributed by atoms with Gasteiger partial charge in [0.1, 0.15) is 0 Å². The fourth-order valence-corrected chi connectivity index (χ4v) is 4.69. The van der Waals surface area contributed by atoms with Crippen LogP contribution in [0.1, 0.15) is 37.5 Å². The molecular formula is C17H29N3S2. The zero-order valence-electron chi connectivity index (χ0n) is 14.0. The van der Waals surface area contributed by atoms with E-state index in [9.17, 15) is 0 Å². The molecule has 0 amide bonds. The van der Waals surface area contributed by atoms with Crippen LogP contribution in [0.15, 0.2) is 22.5 Å². The molecule has 1 aliphatic carbocycles. The summed E-state index contributed by atoms with van der Waals surface area (Å²) in [5.41, 5.74) is 0. The van der Waals surface area contributed by atoms with Crippen molar-refractivity contribution in [3.8, 4) is 0 Å². The summed E-state index contributed by atoms with van der Waals surface area (Å²) < 4.78 is 0. The molecule has 3 unspecified atom stereocenters. The van der Waals surface area contributed by atoms with Crippen LogP contribution in [0.5, 0.6) is 0 Å². The van der Waals surface area contributed by atoms with Crippen LogP contribution in [0.25, 0.3) is 0 Å². The van der Waals surface area contributed by atoms with E-state index in [0.717, 1.165) is 24.2 Å². The third kappa shape index (κ3) is 5.84. The van der Waals surface area contributed by atoms with Crippen LogP contribution in [0.2, 0.25) is 0 Å². The highest BCUT2D eigenvalue weighted by atomic mass is 32.2. The van der Waals surface area contributed by atoms with Crippen LogP contribution < -0.4 is 10.6 Å². The Morgan fingerprint density at radius 3 is 3.05 bits per heavy atom. The van der Waals surface area contributed by atoms with Gasteiger partial charge in [-0.2, -0.15) is 11.8 Å². The molecule has 0 bridgehead atoms. The Bertz CT molecular complexity index is 445. The summed E-state index contributed by atoms with van der Waals surface area (Å²) in [6.07, 6.45) is 8.58. The number of guanidine groups is 1. The summed E-state index contributed by atoms with van der Waals surface area (Å²) in [7, 11) is 1.87. The monoisotopic (exact) mass is 339 g/mol. The van der Waals surface area contributed by atoms with Gasteiger partial charge in [0, 0.05) is 29.8 Å². The minimum absolute atomic E-state index is 0.574. The number of hydrogen-bond acceptors (Lipinski definition) is 3. The quantitative estimate of drug-likeness (QED) is 0.612. The molecular weight excluding hydrogens is 310 g/mol. The zero-order chi connectivity index (χ0) is 15.8. The largest absolute Gasteiger partial charge is 0.356 e. The van der Waals surface area contributed by atoms with Crippen molar-refractivity contribution in [2.24, 2.45) is 10.9 Å². The van der Waals surface area contributed by atoms with E-state index in [0.29, 0.717) is 12.0 Å². The molecule has 1 fully saturated rings. The summed E-state index contributed by atoms with van der Waals surface area (Å²) in [5.74, 6) is 1.58. The van der Waals surface area contributed by atoms with Crippen molar-refractivity contribution in [3.05, 3.63) is 22.4 Å². The first-order chi connectivity index (χ1) is 10.7.